The summed E-state index contributed by atoms with van der Waals surface area (Å²) < 4.78 is 0. The number of nitrogens with one attached hydrogen (secondary N) is 1. The fourth-order valence-corrected chi connectivity index (χ4v) is 3.61. The number of nitrogens with zero attached hydrogens (tertiary/aromatic N) is 2. The van der Waals surface area contributed by atoms with E-state index in [0.717, 1.165) is 17.5 Å². The molecule has 0 spiro atoms. The summed E-state index contributed by atoms with van der Waals surface area (Å²) in [4.78, 5) is 31.6. The first-order valence-corrected chi connectivity index (χ1v) is 9.77. The topological polar surface area (TPSA) is 62.3 Å². The minimum Gasteiger partial charge on any atom is -0.347 e. The van der Waals surface area contributed by atoms with E-state index in [1.165, 1.54) is 11.1 Å². The number of hydrogen-bond acceptors (Lipinski definition) is 3. The highest BCUT2D eigenvalue weighted by Gasteiger charge is 2.23. The Morgan fingerprint density at radius 2 is 1.72 bits per heavy atom. The predicted octanol–water partition coefficient (Wildman–Crippen LogP) is 3.52. The second kappa shape index (κ2) is 8.27. The number of benzene rings is 2. The Kier molecular flexibility index (Phi) is 5.38. The van der Waals surface area contributed by atoms with Crippen LogP contribution in [0.3, 0.4) is 0 Å². The average molecular weight is 385 g/mol. The lowest BCUT2D eigenvalue weighted by Crippen LogP contribution is -2.36. The molecule has 1 aliphatic heterocycles. The molecule has 0 fully saturated rings. The number of hydrogen-bond donors (Lipinski definition) is 1. The van der Waals surface area contributed by atoms with Gasteiger partial charge in [-0.1, -0.05) is 60.2 Å². The predicted molar refractivity (Wildman–Crippen MR) is 111 cm³/mol. The molecule has 0 bridgehead atoms. The summed E-state index contributed by atoms with van der Waals surface area (Å²) in [6.45, 7) is 3.66. The molecular weight excluding hydrogens is 362 g/mol. The number of pyridine rings is 1. The van der Waals surface area contributed by atoms with Crippen LogP contribution in [-0.4, -0.2) is 28.2 Å². The monoisotopic (exact) mass is 385 g/mol. The highest BCUT2D eigenvalue weighted by molar-refractivity contribution is 5.96. The Hall–Kier alpha value is -3.47. The van der Waals surface area contributed by atoms with Gasteiger partial charge in [-0.3, -0.25) is 9.59 Å². The third-order valence-electron chi connectivity index (χ3n) is 5.15. The molecule has 0 saturated carbocycles. The zero-order valence-electron chi connectivity index (χ0n) is 16.4. The van der Waals surface area contributed by atoms with Crippen LogP contribution in [0.2, 0.25) is 0 Å². The number of amides is 2. The van der Waals surface area contributed by atoms with Gasteiger partial charge >= 0.3 is 0 Å². The van der Waals surface area contributed by atoms with E-state index in [2.05, 4.69) is 22.4 Å². The SMILES string of the molecule is Cc1cccc(CNC(=O)c2cccc(C(=O)N3CCc4ccccc4C3)n2)c1. The van der Waals surface area contributed by atoms with E-state index in [-0.39, 0.29) is 17.5 Å². The second-order valence-electron chi connectivity index (χ2n) is 7.33. The molecule has 1 N–H and O–H groups in total. The van der Waals surface area contributed by atoms with Crippen LogP contribution < -0.4 is 5.32 Å². The van der Waals surface area contributed by atoms with Gasteiger partial charge in [0.05, 0.1) is 0 Å². The molecule has 4 rings (SSSR count). The second-order valence-corrected chi connectivity index (χ2v) is 7.33. The van der Waals surface area contributed by atoms with E-state index in [9.17, 15) is 9.59 Å². The van der Waals surface area contributed by atoms with Crippen molar-refractivity contribution in [3.8, 4) is 0 Å². The molecule has 2 heterocycles. The smallest absolute Gasteiger partial charge is 0.272 e. The summed E-state index contributed by atoms with van der Waals surface area (Å²) in [5.74, 6) is -0.432. The van der Waals surface area contributed by atoms with Gasteiger partial charge in [-0.25, -0.2) is 4.98 Å². The Morgan fingerprint density at radius 1 is 0.966 bits per heavy atom. The molecule has 2 aromatic carbocycles. The number of carbonyl (C=O) groups is 2. The van der Waals surface area contributed by atoms with E-state index in [1.54, 1.807) is 23.1 Å². The fourth-order valence-electron chi connectivity index (χ4n) is 3.61. The van der Waals surface area contributed by atoms with Crippen molar-refractivity contribution < 1.29 is 9.59 Å². The van der Waals surface area contributed by atoms with Crippen molar-refractivity contribution in [3.63, 3.8) is 0 Å². The summed E-state index contributed by atoms with van der Waals surface area (Å²) in [6.07, 6.45) is 0.832. The Bertz CT molecular complexity index is 1060. The van der Waals surface area contributed by atoms with Crippen LogP contribution in [0, 0.1) is 6.92 Å². The fraction of sp³-hybridized carbons (Fsp3) is 0.208. The third kappa shape index (κ3) is 4.35. The van der Waals surface area contributed by atoms with Crippen molar-refractivity contribution in [1.29, 1.82) is 0 Å². The van der Waals surface area contributed by atoms with Crippen LogP contribution in [0.25, 0.3) is 0 Å². The number of fused-ring (bicyclic) bond motifs is 1. The minimum absolute atomic E-state index is 0.146. The van der Waals surface area contributed by atoms with Crippen molar-refractivity contribution in [3.05, 3.63) is 100 Å². The number of aromatic nitrogens is 1. The van der Waals surface area contributed by atoms with Crippen molar-refractivity contribution in [2.45, 2.75) is 26.4 Å². The first-order valence-electron chi connectivity index (χ1n) is 9.77. The van der Waals surface area contributed by atoms with Crippen LogP contribution in [0.5, 0.6) is 0 Å². The molecule has 0 atom stereocenters. The van der Waals surface area contributed by atoms with Gasteiger partial charge in [0.25, 0.3) is 11.8 Å². The molecule has 0 unspecified atom stereocenters. The van der Waals surface area contributed by atoms with E-state index in [1.807, 2.05) is 43.3 Å². The summed E-state index contributed by atoms with van der Waals surface area (Å²) in [6, 6.07) is 21.2. The Morgan fingerprint density at radius 3 is 2.55 bits per heavy atom. The summed E-state index contributed by atoms with van der Waals surface area (Å²) in [5, 5.41) is 2.87. The van der Waals surface area contributed by atoms with Crippen molar-refractivity contribution in [1.82, 2.24) is 15.2 Å². The van der Waals surface area contributed by atoms with Crippen molar-refractivity contribution in [2.24, 2.45) is 0 Å². The lowest BCUT2D eigenvalue weighted by atomic mass is 10.00. The number of aryl methyl sites for hydroxylation is 1. The zero-order valence-corrected chi connectivity index (χ0v) is 16.4. The van der Waals surface area contributed by atoms with Gasteiger partial charge in [-0.2, -0.15) is 0 Å². The molecule has 3 aromatic rings. The van der Waals surface area contributed by atoms with Gasteiger partial charge < -0.3 is 10.2 Å². The summed E-state index contributed by atoms with van der Waals surface area (Å²) in [7, 11) is 0. The van der Waals surface area contributed by atoms with Crippen LogP contribution in [0.15, 0.2) is 66.7 Å². The Balaban J connectivity index is 1.44. The van der Waals surface area contributed by atoms with E-state index < -0.39 is 0 Å². The number of carbonyl (C=O) groups excluding carboxylic acids is 2. The minimum atomic E-state index is -0.287. The number of rotatable bonds is 4. The maximum absolute atomic E-state index is 12.9. The first-order chi connectivity index (χ1) is 14.1. The molecule has 5 nitrogen and oxygen atoms in total. The van der Waals surface area contributed by atoms with Crippen LogP contribution in [0.1, 0.15) is 43.2 Å². The van der Waals surface area contributed by atoms with Crippen molar-refractivity contribution in [2.75, 3.05) is 6.54 Å². The first kappa shape index (κ1) is 18.9. The van der Waals surface area contributed by atoms with Crippen LogP contribution in [0.4, 0.5) is 0 Å². The summed E-state index contributed by atoms with van der Waals surface area (Å²) in [5.41, 5.74) is 5.17. The lowest BCUT2D eigenvalue weighted by molar-refractivity contribution is 0.0728. The molecule has 5 heteroatoms. The molecule has 0 aliphatic carbocycles. The maximum Gasteiger partial charge on any atom is 0.272 e. The largest absolute Gasteiger partial charge is 0.347 e. The average Bonchev–Trinajstić information content (AvgIpc) is 2.76. The summed E-state index contributed by atoms with van der Waals surface area (Å²) >= 11 is 0. The molecule has 0 radical (unpaired) electrons. The molecule has 0 saturated heterocycles. The standard InChI is InChI=1S/C24H23N3O2/c1-17-6-4-7-18(14-17)15-25-23(28)21-10-5-11-22(26-21)24(29)27-13-12-19-8-2-3-9-20(19)16-27/h2-11,14H,12-13,15-16H2,1H3,(H,25,28). The molecule has 2 amide bonds. The van der Waals surface area contributed by atoms with E-state index in [4.69, 9.17) is 0 Å². The normalized spacial score (nSPS) is 12.9. The third-order valence-corrected chi connectivity index (χ3v) is 5.15. The van der Waals surface area contributed by atoms with Crippen LogP contribution in [-0.2, 0) is 19.5 Å². The van der Waals surface area contributed by atoms with E-state index >= 15 is 0 Å². The molecule has 146 valence electrons. The van der Waals surface area contributed by atoms with Gasteiger partial charge in [0, 0.05) is 19.6 Å². The molecular formula is C24H23N3O2. The quantitative estimate of drug-likeness (QED) is 0.747. The highest BCUT2D eigenvalue weighted by Crippen LogP contribution is 2.20. The molecule has 29 heavy (non-hydrogen) atoms. The zero-order chi connectivity index (χ0) is 20.2. The van der Waals surface area contributed by atoms with Gasteiger partial charge in [0.15, 0.2) is 0 Å². The lowest BCUT2D eigenvalue weighted by Gasteiger charge is -2.28. The maximum atomic E-state index is 12.9. The van der Waals surface area contributed by atoms with E-state index in [0.29, 0.717) is 25.3 Å². The molecule has 1 aliphatic rings. The Labute approximate surface area is 170 Å². The van der Waals surface area contributed by atoms with Crippen molar-refractivity contribution >= 4 is 11.8 Å². The van der Waals surface area contributed by atoms with Gasteiger partial charge in [0.1, 0.15) is 11.4 Å². The highest BCUT2D eigenvalue weighted by atomic mass is 16.2. The van der Waals surface area contributed by atoms with Crippen LogP contribution >= 0.6 is 0 Å². The van der Waals surface area contributed by atoms with Gasteiger partial charge in [-0.05, 0) is 42.2 Å². The van der Waals surface area contributed by atoms with Gasteiger partial charge in [-0.15, -0.1) is 0 Å². The van der Waals surface area contributed by atoms with Gasteiger partial charge in [0.2, 0.25) is 0 Å². The molecule has 1 aromatic heterocycles.